The van der Waals surface area contributed by atoms with Crippen molar-refractivity contribution >= 4 is 90.5 Å². The number of rotatable bonds is 3. The average Bonchev–Trinajstić information content (AvgIpc) is 3.90. The molecule has 232 valence electrons. The van der Waals surface area contributed by atoms with Gasteiger partial charge in [0.2, 0.25) is 0 Å². The lowest BCUT2D eigenvalue weighted by molar-refractivity contribution is 0.170. The molecule has 1 atom stereocenters. The summed E-state index contributed by atoms with van der Waals surface area (Å²) in [6, 6.07) is 52.9. The van der Waals surface area contributed by atoms with Crippen molar-refractivity contribution in [3.8, 4) is 28.0 Å². The summed E-state index contributed by atoms with van der Waals surface area (Å²) in [5.41, 5.74) is 8.29. The van der Waals surface area contributed by atoms with E-state index in [1.807, 2.05) is 22.7 Å². The van der Waals surface area contributed by atoms with Crippen LogP contribution in [0.4, 0.5) is 5.69 Å². The molecule has 0 spiro atoms. The van der Waals surface area contributed by atoms with Crippen molar-refractivity contribution in [2.24, 2.45) is 0 Å². The molecule has 0 fully saturated rings. The van der Waals surface area contributed by atoms with E-state index in [1.165, 1.54) is 84.4 Å². The third kappa shape index (κ3) is 3.83. The molecule has 0 saturated heterocycles. The molecule has 0 radical (unpaired) electrons. The van der Waals surface area contributed by atoms with E-state index in [2.05, 4.69) is 162 Å². The lowest BCUT2D eigenvalue weighted by atomic mass is 9.97. The Bertz CT molecular complexity index is 2930. The van der Waals surface area contributed by atoms with Gasteiger partial charge in [0.15, 0.2) is 5.75 Å². The van der Waals surface area contributed by atoms with Gasteiger partial charge in [-0.1, -0.05) is 115 Å². The van der Waals surface area contributed by atoms with Gasteiger partial charge in [-0.15, -0.1) is 22.7 Å². The first-order chi connectivity index (χ1) is 24.2. The van der Waals surface area contributed by atoms with Gasteiger partial charge in [0, 0.05) is 63.7 Å². The Balaban J connectivity index is 1.16. The first-order valence-electron chi connectivity index (χ1n) is 16.6. The number of aromatic nitrogens is 1. The van der Waals surface area contributed by atoms with Crippen molar-refractivity contribution in [3.05, 3.63) is 146 Å². The fourth-order valence-corrected chi connectivity index (χ4v) is 10.4. The number of ether oxygens (including phenoxy) is 1. The second kappa shape index (κ2) is 10.2. The molecule has 10 aromatic rings. The first-order valence-corrected chi connectivity index (χ1v) is 18.2. The minimum atomic E-state index is -0.365. The van der Waals surface area contributed by atoms with Crippen LogP contribution < -0.4 is 9.64 Å². The van der Waals surface area contributed by atoms with Gasteiger partial charge in [0.1, 0.15) is 0 Å². The molecule has 4 heterocycles. The minimum Gasteiger partial charge on any atom is -0.449 e. The van der Waals surface area contributed by atoms with Crippen LogP contribution in [0.1, 0.15) is 6.35 Å². The molecule has 0 N–H and O–H groups in total. The van der Waals surface area contributed by atoms with Crippen LogP contribution in [0.3, 0.4) is 0 Å². The normalized spacial score (nSPS) is 14.6. The highest BCUT2D eigenvalue weighted by atomic mass is 32.1. The largest absolute Gasteiger partial charge is 0.449 e. The van der Waals surface area contributed by atoms with E-state index < -0.39 is 0 Å². The molecule has 1 aliphatic rings. The van der Waals surface area contributed by atoms with Crippen molar-refractivity contribution in [3.63, 3.8) is 0 Å². The van der Waals surface area contributed by atoms with Crippen molar-refractivity contribution in [2.75, 3.05) is 11.9 Å². The van der Waals surface area contributed by atoms with E-state index in [-0.39, 0.29) is 6.35 Å². The monoisotopic (exact) mass is 664 g/mol. The van der Waals surface area contributed by atoms with Crippen LogP contribution in [0.25, 0.3) is 84.4 Å². The number of thiophene rings is 2. The third-order valence-corrected chi connectivity index (χ3v) is 12.6. The number of benzene rings is 7. The number of hydrogen-bond acceptors (Lipinski definition) is 4. The molecule has 0 aliphatic carbocycles. The van der Waals surface area contributed by atoms with E-state index in [0.717, 1.165) is 11.4 Å². The Morgan fingerprint density at radius 1 is 0.510 bits per heavy atom. The topological polar surface area (TPSA) is 17.4 Å². The van der Waals surface area contributed by atoms with Crippen molar-refractivity contribution < 1.29 is 4.74 Å². The van der Waals surface area contributed by atoms with Crippen LogP contribution in [0.15, 0.2) is 146 Å². The summed E-state index contributed by atoms with van der Waals surface area (Å²) in [6.45, 7) is 0. The lowest BCUT2D eigenvalue weighted by Gasteiger charge is -2.24. The average molecular weight is 665 g/mol. The quantitative estimate of drug-likeness (QED) is 0.187. The maximum absolute atomic E-state index is 7.28. The highest BCUT2D eigenvalue weighted by Gasteiger charge is 2.37. The van der Waals surface area contributed by atoms with Crippen molar-refractivity contribution in [1.29, 1.82) is 0 Å². The second-order valence-electron chi connectivity index (χ2n) is 12.9. The summed E-state index contributed by atoms with van der Waals surface area (Å²) in [6.07, 6.45) is -0.365. The summed E-state index contributed by atoms with van der Waals surface area (Å²) in [4.78, 5) is 2.35. The smallest absolute Gasteiger partial charge is 0.257 e. The molecule has 3 nitrogen and oxygen atoms in total. The van der Waals surface area contributed by atoms with Gasteiger partial charge in [0.25, 0.3) is 6.35 Å². The Labute approximate surface area is 290 Å². The Morgan fingerprint density at radius 2 is 1.16 bits per heavy atom. The fourth-order valence-electron chi connectivity index (χ4n) is 8.02. The summed E-state index contributed by atoms with van der Waals surface area (Å²) >= 11 is 3.73. The van der Waals surface area contributed by atoms with Crippen LogP contribution in [-0.2, 0) is 0 Å². The van der Waals surface area contributed by atoms with Gasteiger partial charge in [-0.05, 0) is 47.0 Å². The van der Waals surface area contributed by atoms with Gasteiger partial charge < -0.3 is 9.64 Å². The molecule has 0 unspecified atom stereocenters. The molecule has 0 bridgehead atoms. The van der Waals surface area contributed by atoms with Crippen molar-refractivity contribution in [1.82, 2.24) is 4.57 Å². The summed E-state index contributed by atoms with van der Waals surface area (Å²) < 4.78 is 14.9. The predicted molar refractivity (Wildman–Crippen MR) is 211 cm³/mol. The minimum absolute atomic E-state index is 0.365. The van der Waals surface area contributed by atoms with Gasteiger partial charge in [-0.25, -0.2) is 0 Å². The van der Waals surface area contributed by atoms with Gasteiger partial charge >= 0.3 is 0 Å². The molecule has 7 aromatic carbocycles. The van der Waals surface area contributed by atoms with E-state index in [4.69, 9.17) is 4.74 Å². The zero-order valence-corrected chi connectivity index (χ0v) is 28.2. The van der Waals surface area contributed by atoms with Gasteiger partial charge in [-0.2, -0.15) is 0 Å². The molecular weight excluding hydrogens is 637 g/mol. The highest BCUT2D eigenvalue weighted by Crippen LogP contribution is 2.55. The summed E-state index contributed by atoms with van der Waals surface area (Å²) in [7, 11) is 2.19. The fraction of sp³-hybridized carbons (Fsp3) is 0.0455. The molecule has 1 aliphatic heterocycles. The van der Waals surface area contributed by atoms with E-state index in [0.29, 0.717) is 0 Å². The third-order valence-electron chi connectivity index (χ3n) is 10.2. The Kier molecular flexibility index (Phi) is 5.69. The number of fused-ring (bicyclic) bond motifs is 12. The first kappa shape index (κ1) is 27.3. The zero-order chi connectivity index (χ0) is 32.2. The van der Waals surface area contributed by atoms with Crippen LogP contribution in [0, 0.1) is 0 Å². The Morgan fingerprint density at radius 3 is 1.98 bits per heavy atom. The second-order valence-corrected chi connectivity index (χ2v) is 15.0. The zero-order valence-electron chi connectivity index (χ0n) is 26.6. The standard InChI is InChI=1S/C44H28N2OS2/c1-45-41-33(28-21-19-27(20-22-28)26-11-3-2-4-12-26)25-38-40(32-15-7-10-18-37(32)48-38)42(41)47-44(45)46-34-16-8-5-14-31(34)39-35(46)24-23-30-29-13-6-9-17-36(29)49-43(30)39/h2-25,44H,1H3/t44-/m1/s1. The van der Waals surface area contributed by atoms with Crippen LogP contribution in [0.5, 0.6) is 5.75 Å². The van der Waals surface area contributed by atoms with Crippen LogP contribution in [-0.4, -0.2) is 11.6 Å². The van der Waals surface area contributed by atoms with Crippen LogP contribution in [0.2, 0.25) is 0 Å². The van der Waals surface area contributed by atoms with E-state index in [1.54, 1.807) is 0 Å². The van der Waals surface area contributed by atoms with E-state index >= 15 is 0 Å². The molecule has 49 heavy (non-hydrogen) atoms. The number of anilines is 1. The van der Waals surface area contributed by atoms with Gasteiger partial charge in [0.05, 0.1) is 16.7 Å². The lowest BCUT2D eigenvalue weighted by Crippen LogP contribution is -2.28. The number of para-hydroxylation sites is 1. The molecule has 0 saturated carbocycles. The molecular formula is C44H28N2OS2. The van der Waals surface area contributed by atoms with Crippen LogP contribution >= 0.6 is 22.7 Å². The SMILES string of the molecule is CN1c2c(-c3ccc(-c4ccccc4)cc3)cc3sc4ccccc4c3c2O[C@H]1n1c2ccccc2c2c3sc4ccccc4c3ccc21. The van der Waals surface area contributed by atoms with E-state index in [9.17, 15) is 0 Å². The predicted octanol–water partition coefficient (Wildman–Crippen LogP) is 12.8. The summed E-state index contributed by atoms with van der Waals surface area (Å²) in [5, 5.41) is 7.62. The Hall–Kier alpha value is -5.62. The number of nitrogens with zero attached hydrogens (tertiary/aromatic N) is 2. The number of hydrogen-bond donors (Lipinski definition) is 0. The highest BCUT2D eigenvalue weighted by molar-refractivity contribution is 7.27. The van der Waals surface area contributed by atoms with Gasteiger partial charge in [-0.3, -0.25) is 4.57 Å². The molecule has 3 aromatic heterocycles. The maximum Gasteiger partial charge on any atom is 0.257 e. The van der Waals surface area contributed by atoms with Crippen molar-refractivity contribution in [2.45, 2.75) is 6.35 Å². The molecule has 11 rings (SSSR count). The molecule has 0 amide bonds. The molecule has 5 heteroatoms. The maximum atomic E-state index is 7.28. The summed E-state index contributed by atoms with van der Waals surface area (Å²) in [5.74, 6) is 0.957.